The average molecular weight is 405 g/mol. The maximum atomic E-state index is 12.5. The van der Waals surface area contributed by atoms with E-state index in [0.717, 1.165) is 10.0 Å². The fraction of sp³-hybridized carbons (Fsp3) is 0.0588. The van der Waals surface area contributed by atoms with Crippen LogP contribution in [0.25, 0.3) is 0 Å². The molecule has 0 radical (unpaired) electrons. The van der Waals surface area contributed by atoms with Crippen molar-refractivity contribution in [1.29, 1.82) is 0 Å². The van der Waals surface area contributed by atoms with E-state index in [1.165, 1.54) is 6.08 Å². The molecule has 5 nitrogen and oxygen atoms in total. The Morgan fingerprint density at radius 2 is 2.00 bits per heavy atom. The van der Waals surface area contributed by atoms with Gasteiger partial charge in [0.25, 0.3) is 11.8 Å². The number of nitrogens with one attached hydrogen (secondary N) is 1. The highest BCUT2D eigenvalue weighted by Gasteiger charge is 2.18. The summed E-state index contributed by atoms with van der Waals surface area (Å²) in [5.74, 6) is -0.727. The molecule has 120 valence electrons. The lowest BCUT2D eigenvalue weighted by Gasteiger charge is -2.15. The number of halogens is 2. The third kappa shape index (κ3) is 3.60. The van der Waals surface area contributed by atoms with Gasteiger partial charge in [-0.1, -0.05) is 45.7 Å². The third-order valence-electron chi connectivity index (χ3n) is 3.40. The van der Waals surface area contributed by atoms with Crippen molar-refractivity contribution in [2.24, 2.45) is 10.2 Å². The summed E-state index contributed by atoms with van der Waals surface area (Å²) in [6, 6.07) is 11.9. The first kappa shape index (κ1) is 16.5. The lowest BCUT2D eigenvalue weighted by Crippen LogP contribution is -2.14. The van der Waals surface area contributed by atoms with E-state index in [-0.39, 0.29) is 5.91 Å². The molecule has 0 aliphatic carbocycles. The van der Waals surface area contributed by atoms with Gasteiger partial charge in [-0.3, -0.25) is 9.59 Å². The Labute approximate surface area is 151 Å². The molecule has 0 saturated carbocycles. The molecule has 0 spiro atoms. The molecule has 1 heterocycles. The van der Waals surface area contributed by atoms with Crippen molar-refractivity contribution >= 4 is 45.0 Å². The lowest BCUT2D eigenvalue weighted by atomic mass is 10.0. The maximum absolute atomic E-state index is 12.5. The predicted molar refractivity (Wildman–Crippen MR) is 95.3 cm³/mol. The second-order valence-electron chi connectivity index (χ2n) is 5.02. The van der Waals surface area contributed by atoms with Crippen molar-refractivity contribution in [2.75, 3.05) is 5.32 Å². The topological polar surface area (TPSA) is 70.9 Å². The fourth-order valence-corrected chi connectivity index (χ4v) is 2.82. The van der Waals surface area contributed by atoms with Crippen LogP contribution >= 0.6 is 27.5 Å². The molecule has 24 heavy (non-hydrogen) atoms. The molecule has 3 rings (SSSR count). The van der Waals surface area contributed by atoms with Crippen LogP contribution in [0.2, 0.25) is 5.02 Å². The Kier molecular flexibility index (Phi) is 4.87. The molecular formula is C17H11BrClN3O2. The summed E-state index contributed by atoms with van der Waals surface area (Å²) in [4.78, 5) is 23.7. The number of anilines is 1. The third-order valence-corrected chi connectivity index (χ3v) is 4.23. The number of hydrogen-bond acceptors (Lipinski definition) is 3. The summed E-state index contributed by atoms with van der Waals surface area (Å²) >= 11 is 9.42. The van der Waals surface area contributed by atoms with Crippen LogP contribution < -0.4 is 5.32 Å². The van der Waals surface area contributed by atoms with Crippen LogP contribution in [0.1, 0.15) is 22.0 Å². The zero-order chi connectivity index (χ0) is 17.1. The number of nitrogens with zero attached hydrogens (tertiary/aromatic N) is 2. The number of benzene rings is 2. The predicted octanol–water partition coefficient (Wildman–Crippen LogP) is 4.94. The number of para-hydroxylation sites is 1. The normalized spacial score (nSPS) is 16.2. The Morgan fingerprint density at radius 3 is 2.75 bits per heavy atom. The smallest absolute Gasteiger partial charge is 0.287 e. The molecule has 0 bridgehead atoms. The molecule has 1 atom stereocenters. The zero-order valence-corrected chi connectivity index (χ0v) is 14.6. The summed E-state index contributed by atoms with van der Waals surface area (Å²) in [7, 11) is 0. The van der Waals surface area contributed by atoms with Crippen molar-refractivity contribution in [2.45, 2.75) is 6.04 Å². The minimum absolute atomic E-state index is 0.332. The van der Waals surface area contributed by atoms with Crippen LogP contribution in [0.3, 0.4) is 0 Å². The van der Waals surface area contributed by atoms with Crippen molar-refractivity contribution in [3.05, 3.63) is 75.2 Å². The Morgan fingerprint density at radius 1 is 1.21 bits per heavy atom. The molecule has 1 aliphatic rings. The van der Waals surface area contributed by atoms with Gasteiger partial charge in [0, 0.05) is 21.8 Å². The molecule has 2 aromatic carbocycles. The molecule has 1 unspecified atom stereocenters. The van der Waals surface area contributed by atoms with Gasteiger partial charge in [0.15, 0.2) is 0 Å². The summed E-state index contributed by atoms with van der Waals surface area (Å²) in [6.07, 6.45) is 3.01. The Balaban J connectivity index is 1.89. The monoisotopic (exact) mass is 403 g/mol. The van der Waals surface area contributed by atoms with Gasteiger partial charge < -0.3 is 5.32 Å². The van der Waals surface area contributed by atoms with E-state index < -0.39 is 11.9 Å². The van der Waals surface area contributed by atoms with Crippen LogP contribution in [0.4, 0.5) is 5.69 Å². The van der Waals surface area contributed by atoms with Crippen LogP contribution in [0.5, 0.6) is 0 Å². The molecule has 0 saturated heterocycles. The molecule has 2 amide bonds. The van der Waals surface area contributed by atoms with Crippen LogP contribution in [0, 0.1) is 0 Å². The van der Waals surface area contributed by atoms with Gasteiger partial charge >= 0.3 is 0 Å². The van der Waals surface area contributed by atoms with Crippen LogP contribution in [-0.2, 0) is 4.79 Å². The van der Waals surface area contributed by atoms with Gasteiger partial charge in [-0.25, -0.2) is 0 Å². The van der Waals surface area contributed by atoms with E-state index in [4.69, 9.17) is 11.6 Å². The van der Waals surface area contributed by atoms with E-state index in [2.05, 4.69) is 31.5 Å². The van der Waals surface area contributed by atoms with E-state index >= 15 is 0 Å². The number of azo groups is 1. The average Bonchev–Trinajstić information content (AvgIpc) is 2.58. The minimum Gasteiger partial charge on any atom is -0.322 e. The molecule has 1 aliphatic heterocycles. The molecule has 0 aromatic heterocycles. The highest BCUT2D eigenvalue weighted by molar-refractivity contribution is 9.10. The number of hydrogen-bond donors (Lipinski definition) is 1. The maximum Gasteiger partial charge on any atom is 0.287 e. The van der Waals surface area contributed by atoms with Gasteiger partial charge in [-0.05, 0) is 30.3 Å². The van der Waals surface area contributed by atoms with E-state index in [1.807, 2.05) is 12.1 Å². The van der Waals surface area contributed by atoms with Gasteiger partial charge in [0.2, 0.25) is 0 Å². The second-order valence-corrected chi connectivity index (χ2v) is 6.35. The summed E-state index contributed by atoms with van der Waals surface area (Å²) < 4.78 is 0.757. The number of carbonyl (C=O) groups is 2. The molecule has 0 fully saturated rings. The molecular weight excluding hydrogens is 394 g/mol. The number of carbonyl (C=O) groups excluding carboxylic acids is 2. The first-order valence-corrected chi connectivity index (χ1v) is 8.20. The molecule has 1 N–H and O–H groups in total. The standard InChI is InChI=1S/C17H11BrClN3O2/c18-10-5-6-13(19)12(9-10)17(24)20-14-4-2-1-3-11(14)15-7-8-16(23)22-21-15/h1-9,15H,(H,20,24). The van der Waals surface area contributed by atoms with Crippen molar-refractivity contribution in [1.82, 2.24) is 0 Å². The van der Waals surface area contributed by atoms with Gasteiger partial charge in [0.05, 0.1) is 10.6 Å². The quantitative estimate of drug-likeness (QED) is 0.786. The summed E-state index contributed by atoms with van der Waals surface area (Å²) in [6.45, 7) is 0. The molecule has 2 aromatic rings. The highest BCUT2D eigenvalue weighted by Crippen LogP contribution is 2.30. The minimum atomic E-state index is -0.419. The van der Waals surface area contributed by atoms with Crippen LogP contribution in [-0.4, -0.2) is 11.8 Å². The fourth-order valence-electron chi connectivity index (χ4n) is 2.26. The van der Waals surface area contributed by atoms with Crippen molar-refractivity contribution in [3.8, 4) is 0 Å². The van der Waals surface area contributed by atoms with Crippen molar-refractivity contribution < 1.29 is 9.59 Å². The second kappa shape index (κ2) is 7.07. The Bertz CT molecular complexity index is 864. The van der Waals surface area contributed by atoms with Crippen LogP contribution in [0.15, 0.2) is 69.3 Å². The Hall–Kier alpha value is -2.31. The summed E-state index contributed by atoms with van der Waals surface area (Å²) in [5, 5.41) is 10.7. The first-order valence-electron chi connectivity index (χ1n) is 7.03. The largest absolute Gasteiger partial charge is 0.322 e. The van der Waals surface area contributed by atoms with E-state index in [0.29, 0.717) is 16.3 Å². The summed E-state index contributed by atoms with van der Waals surface area (Å²) in [5.41, 5.74) is 1.68. The highest BCUT2D eigenvalue weighted by atomic mass is 79.9. The molecule has 7 heteroatoms. The number of amides is 2. The number of rotatable bonds is 3. The SMILES string of the molecule is O=C1C=CC(c2ccccc2NC(=O)c2cc(Br)ccc2Cl)N=N1. The van der Waals surface area contributed by atoms with Gasteiger partial charge in [-0.2, -0.15) is 5.11 Å². The lowest BCUT2D eigenvalue weighted by molar-refractivity contribution is -0.114. The van der Waals surface area contributed by atoms with Gasteiger partial charge in [0.1, 0.15) is 6.04 Å². The van der Waals surface area contributed by atoms with E-state index in [9.17, 15) is 9.59 Å². The van der Waals surface area contributed by atoms with Crippen molar-refractivity contribution in [3.63, 3.8) is 0 Å². The first-order chi connectivity index (χ1) is 11.5. The van der Waals surface area contributed by atoms with Gasteiger partial charge in [-0.15, -0.1) is 5.11 Å². The zero-order valence-electron chi connectivity index (χ0n) is 12.2. The van der Waals surface area contributed by atoms with E-state index in [1.54, 1.807) is 36.4 Å².